The number of rotatable bonds is 7. The average Bonchev–Trinajstić information content (AvgIpc) is 2.78. The van der Waals surface area contributed by atoms with Crippen LogP contribution in [-0.4, -0.2) is 23.0 Å². The summed E-state index contributed by atoms with van der Waals surface area (Å²) >= 11 is 0. The molecule has 1 aromatic rings. The summed E-state index contributed by atoms with van der Waals surface area (Å²) in [4.78, 5) is 24.7. The van der Waals surface area contributed by atoms with Crippen LogP contribution in [0, 0.1) is 0 Å². The zero-order valence-electron chi connectivity index (χ0n) is 13.5. The third-order valence-electron chi connectivity index (χ3n) is 4.20. The fourth-order valence-corrected chi connectivity index (χ4v) is 3.16. The largest absolute Gasteiger partial charge is 0.481 e. The number of unbranched alkanes of at least 4 members (excludes halogenated alkanes) is 1. The molecule has 2 rings (SSSR count). The van der Waals surface area contributed by atoms with E-state index in [1.54, 1.807) is 0 Å². The highest BCUT2D eigenvalue weighted by Crippen LogP contribution is 2.33. The van der Waals surface area contributed by atoms with Crippen molar-refractivity contribution < 1.29 is 14.7 Å². The molecule has 0 radical (unpaired) electrons. The fourth-order valence-electron chi connectivity index (χ4n) is 3.16. The number of aliphatic carboxylic acids is 1. The van der Waals surface area contributed by atoms with Crippen molar-refractivity contribution in [2.75, 3.05) is 4.90 Å². The van der Waals surface area contributed by atoms with Crippen LogP contribution in [-0.2, 0) is 22.4 Å². The van der Waals surface area contributed by atoms with Crippen molar-refractivity contribution in [2.45, 2.75) is 64.8 Å². The molecule has 0 aliphatic carbocycles. The maximum Gasteiger partial charge on any atom is 0.303 e. The second-order valence-corrected chi connectivity index (χ2v) is 6.13. The van der Waals surface area contributed by atoms with E-state index in [-0.39, 0.29) is 18.4 Å². The minimum absolute atomic E-state index is 0.211. The Balaban J connectivity index is 2.02. The molecule has 4 heteroatoms. The van der Waals surface area contributed by atoms with Crippen LogP contribution in [0.5, 0.6) is 0 Å². The van der Waals surface area contributed by atoms with Gasteiger partial charge in [0.15, 0.2) is 0 Å². The van der Waals surface area contributed by atoms with Crippen LogP contribution in [0.25, 0.3) is 0 Å². The number of carbonyl (C=O) groups excluding carboxylic acids is 1. The van der Waals surface area contributed by atoms with Gasteiger partial charge in [-0.2, -0.15) is 0 Å². The summed E-state index contributed by atoms with van der Waals surface area (Å²) < 4.78 is 0. The highest BCUT2D eigenvalue weighted by molar-refractivity contribution is 5.96. The molecule has 0 bridgehead atoms. The lowest BCUT2D eigenvalue weighted by Crippen LogP contribution is -2.35. The zero-order valence-corrected chi connectivity index (χ0v) is 13.5. The molecule has 0 spiro atoms. The van der Waals surface area contributed by atoms with Gasteiger partial charge in [0, 0.05) is 24.6 Å². The van der Waals surface area contributed by atoms with Crippen molar-refractivity contribution in [3.05, 3.63) is 29.3 Å². The number of carboxylic acid groups (broad SMARTS) is 1. The van der Waals surface area contributed by atoms with Crippen LogP contribution < -0.4 is 4.90 Å². The Labute approximate surface area is 132 Å². The summed E-state index contributed by atoms with van der Waals surface area (Å²) in [6, 6.07) is 6.55. The topological polar surface area (TPSA) is 57.6 Å². The molecule has 120 valence electrons. The molecule has 22 heavy (non-hydrogen) atoms. The van der Waals surface area contributed by atoms with E-state index in [2.05, 4.69) is 25.1 Å². The number of benzene rings is 1. The predicted octanol–water partition coefficient (Wildman–Crippen LogP) is 3.56. The summed E-state index contributed by atoms with van der Waals surface area (Å²) in [7, 11) is 0. The number of amides is 1. The lowest BCUT2D eigenvalue weighted by atomic mass is 10.0. The van der Waals surface area contributed by atoms with Gasteiger partial charge in [-0.15, -0.1) is 0 Å². The Hall–Kier alpha value is -1.84. The van der Waals surface area contributed by atoms with Crippen LogP contribution in [0.15, 0.2) is 18.2 Å². The average molecular weight is 303 g/mol. The van der Waals surface area contributed by atoms with Crippen molar-refractivity contribution in [1.82, 2.24) is 0 Å². The van der Waals surface area contributed by atoms with E-state index in [4.69, 9.17) is 5.11 Å². The number of aryl methyl sites for hydroxylation is 1. The lowest BCUT2D eigenvalue weighted by Gasteiger charge is -2.22. The highest BCUT2D eigenvalue weighted by atomic mass is 16.4. The van der Waals surface area contributed by atoms with E-state index in [1.807, 2.05) is 11.8 Å². The third-order valence-corrected chi connectivity index (χ3v) is 4.20. The Morgan fingerprint density at radius 1 is 1.27 bits per heavy atom. The SMILES string of the molecule is CCCC(=O)N1c2ccc(CCCCC(=O)O)cc2CC1C. The van der Waals surface area contributed by atoms with Gasteiger partial charge < -0.3 is 10.0 Å². The molecule has 0 aromatic heterocycles. The minimum atomic E-state index is -0.729. The van der Waals surface area contributed by atoms with E-state index in [0.717, 1.165) is 31.4 Å². The molecular weight excluding hydrogens is 278 g/mol. The number of nitrogens with zero attached hydrogens (tertiary/aromatic N) is 1. The lowest BCUT2D eigenvalue weighted by molar-refractivity contribution is -0.137. The first-order valence-electron chi connectivity index (χ1n) is 8.18. The van der Waals surface area contributed by atoms with Crippen molar-refractivity contribution >= 4 is 17.6 Å². The molecule has 1 unspecified atom stereocenters. The zero-order chi connectivity index (χ0) is 16.1. The molecule has 1 N–H and O–H groups in total. The summed E-state index contributed by atoms with van der Waals surface area (Å²) in [5.41, 5.74) is 3.54. The molecule has 0 saturated heterocycles. The Morgan fingerprint density at radius 2 is 2.05 bits per heavy atom. The van der Waals surface area contributed by atoms with Gasteiger partial charge in [0.2, 0.25) is 5.91 Å². The minimum Gasteiger partial charge on any atom is -0.481 e. The Morgan fingerprint density at radius 3 is 2.73 bits per heavy atom. The van der Waals surface area contributed by atoms with Gasteiger partial charge in [-0.3, -0.25) is 9.59 Å². The smallest absolute Gasteiger partial charge is 0.303 e. The summed E-state index contributed by atoms with van der Waals surface area (Å²) in [6.07, 6.45) is 5.12. The number of hydrogen-bond acceptors (Lipinski definition) is 2. The first-order chi connectivity index (χ1) is 10.5. The van der Waals surface area contributed by atoms with Crippen LogP contribution >= 0.6 is 0 Å². The first-order valence-corrected chi connectivity index (χ1v) is 8.18. The van der Waals surface area contributed by atoms with Gasteiger partial charge in [-0.05, 0) is 56.2 Å². The van der Waals surface area contributed by atoms with E-state index < -0.39 is 5.97 Å². The number of hydrogen-bond donors (Lipinski definition) is 1. The highest BCUT2D eigenvalue weighted by Gasteiger charge is 2.30. The van der Waals surface area contributed by atoms with Crippen molar-refractivity contribution in [3.8, 4) is 0 Å². The van der Waals surface area contributed by atoms with Crippen LogP contribution in [0.2, 0.25) is 0 Å². The van der Waals surface area contributed by atoms with E-state index in [1.165, 1.54) is 11.1 Å². The fraction of sp³-hybridized carbons (Fsp3) is 0.556. The standard InChI is InChI=1S/C18H25NO3/c1-3-6-17(20)19-13(2)11-15-12-14(9-10-16(15)19)7-4-5-8-18(21)22/h9-10,12-13H,3-8,11H2,1-2H3,(H,21,22). The molecule has 1 aliphatic heterocycles. The predicted molar refractivity (Wildman–Crippen MR) is 87.2 cm³/mol. The van der Waals surface area contributed by atoms with E-state index in [0.29, 0.717) is 12.8 Å². The maximum atomic E-state index is 12.2. The van der Waals surface area contributed by atoms with Crippen LogP contribution in [0.4, 0.5) is 5.69 Å². The number of carboxylic acids is 1. The summed E-state index contributed by atoms with van der Waals surface area (Å²) in [6.45, 7) is 4.12. The molecule has 0 saturated carbocycles. The summed E-state index contributed by atoms with van der Waals surface area (Å²) in [5, 5.41) is 8.65. The third kappa shape index (κ3) is 3.87. The van der Waals surface area contributed by atoms with E-state index >= 15 is 0 Å². The van der Waals surface area contributed by atoms with Gasteiger partial charge in [-0.1, -0.05) is 19.1 Å². The molecule has 0 fully saturated rings. The van der Waals surface area contributed by atoms with E-state index in [9.17, 15) is 9.59 Å². The monoisotopic (exact) mass is 303 g/mol. The van der Waals surface area contributed by atoms with Gasteiger partial charge in [-0.25, -0.2) is 0 Å². The van der Waals surface area contributed by atoms with Crippen molar-refractivity contribution in [1.29, 1.82) is 0 Å². The van der Waals surface area contributed by atoms with Gasteiger partial charge in [0.25, 0.3) is 0 Å². The quantitative estimate of drug-likeness (QED) is 0.784. The second-order valence-electron chi connectivity index (χ2n) is 6.13. The molecule has 4 nitrogen and oxygen atoms in total. The van der Waals surface area contributed by atoms with Gasteiger partial charge >= 0.3 is 5.97 Å². The molecule has 1 atom stereocenters. The molecular formula is C18H25NO3. The van der Waals surface area contributed by atoms with Crippen LogP contribution in [0.3, 0.4) is 0 Å². The van der Waals surface area contributed by atoms with Gasteiger partial charge in [0.05, 0.1) is 0 Å². The molecule has 1 aromatic carbocycles. The van der Waals surface area contributed by atoms with Gasteiger partial charge in [0.1, 0.15) is 0 Å². The number of fused-ring (bicyclic) bond motifs is 1. The van der Waals surface area contributed by atoms with Crippen LogP contribution in [0.1, 0.15) is 57.1 Å². The Bertz CT molecular complexity index is 553. The molecule has 1 aliphatic rings. The second kappa shape index (κ2) is 7.43. The first kappa shape index (κ1) is 16.5. The Kier molecular flexibility index (Phi) is 5.58. The van der Waals surface area contributed by atoms with Crippen molar-refractivity contribution in [2.24, 2.45) is 0 Å². The van der Waals surface area contributed by atoms with Crippen molar-refractivity contribution in [3.63, 3.8) is 0 Å². The maximum absolute atomic E-state index is 12.2. The normalized spacial score (nSPS) is 16.6. The molecule has 1 heterocycles. The molecule has 1 amide bonds. The summed E-state index contributed by atoms with van der Waals surface area (Å²) in [5.74, 6) is -0.518. The number of carbonyl (C=O) groups is 2. The number of anilines is 1.